The van der Waals surface area contributed by atoms with Crippen molar-refractivity contribution >= 4 is 16.9 Å². The van der Waals surface area contributed by atoms with Gasteiger partial charge in [-0.05, 0) is 23.8 Å². The zero-order valence-corrected chi connectivity index (χ0v) is 17.4. The standard InChI is InChI=1S/C25H22FNO5/c1-30-19-7-5-16(10-24(28)29)23(11-19)32-14-18-13-31-22-8-6-15(9-21(18)22)20-4-2-3-17(12-27)25(20)26/h2-9,11,13H,10,12,14,27H2,1H3,(H,28,29). The number of aliphatic carboxylic acids is 1. The number of carbonyl (C=O) groups is 1. The molecule has 0 fully saturated rings. The predicted octanol–water partition coefficient (Wildman–Crippen LogP) is 4.91. The molecular weight excluding hydrogens is 413 g/mol. The monoisotopic (exact) mass is 435 g/mol. The maximum atomic E-state index is 14.8. The molecule has 32 heavy (non-hydrogen) atoms. The zero-order valence-electron chi connectivity index (χ0n) is 17.4. The molecule has 164 valence electrons. The van der Waals surface area contributed by atoms with E-state index < -0.39 is 5.97 Å². The zero-order chi connectivity index (χ0) is 22.7. The lowest BCUT2D eigenvalue weighted by Gasteiger charge is -2.12. The molecule has 0 aliphatic carbocycles. The number of rotatable bonds is 8. The van der Waals surface area contributed by atoms with Crippen molar-refractivity contribution in [3.8, 4) is 22.6 Å². The van der Waals surface area contributed by atoms with Crippen molar-refractivity contribution < 1.29 is 28.2 Å². The molecule has 4 rings (SSSR count). The molecule has 3 N–H and O–H groups in total. The highest BCUT2D eigenvalue weighted by atomic mass is 19.1. The van der Waals surface area contributed by atoms with Crippen molar-refractivity contribution in [1.82, 2.24) is 0 Å². The van der Waals surface area contributed by atoms with E-state index in [1.165, 1.54) is 7.11 Å². The van der Waals surface area contributed by atoms with Crippen LogP contribution >= 0.6 is 0 Å². The number of methoxy groups -OCH3 is 1. The van der Waals surface area contributed by atoms with Gasteiger partial charge in [0.1, 0.15) is 29.5 Å². The molecule has 7 heteroatoms. The molecular formula is C25H22FNO5. The van der Waals surface area contributed by atoms with Crippen molar-refractivity contribution in [3.05, 3.63) is 83.4 Å². The molecule has 0 bridgehead atoms. The van der Waals surface area contributed by atoms with Gasteiger partial charge >= 0.3 is 5.97 Å². The fraction of sp³-hybridized carbons (Fsp3) is 0.160. The fourth-order valence-corrected chi connectivity index (χ4v) is 3.58. The Hall–Kier alpha value is -3.84. The summed E-state index contributed by atoms with van der Waals surface area (Å²) in [7, 11) is 1.53. The summed E-state index contributed by atoms with van der Waals surface area (Å²) in [5.41, 5.74) is 9.16. The highest BCUT2D eigenvalue weighted by Gasteiger charge is 2.14. The third-order valence-electron chi connectivity index (χ3n) is 5.26. The summed E-state index contributed by atoms with van der Waals surface area (Å²) in [6, 6.07) is 15.6. The predicted molar refractivity (Wildman–Crippen MR) is 118 cm³/mol. The maximum Gasteiger partial charge on any atom is 0.307 e. The van der Waals surface area contributed by atoms with Crippen LogP contribution in [0.4, 0.5) is 4.39 Å². The summed E-state index contributed by atoms with van der Waals surface area (Å²) in [6.07, 6.45) is 1.41. The first kappa shape index (κ1) is 21.4. The molecule has 0 saturated carbocycles. The van der Waals surface area contributed by atoms with Crippen LogP contribution in [0.25, 0.3) is 22.1 Å². The Labute approximate surface area is 184 Å². The molecule has 0 saturated heterocycles. The largest absolute Gasteiger partial charge is 0.497 e. The number of benzene rings is 3. The number of hydrogen-bond donors (Lipinski definition) is 2. The summed E-state index contributed by atoms with van der Waals surface area (Å²) in [6.45, 7) is 0.257. The third kappa shape index (κ3) is 4.29. The fourth-order valence-electron chi connectivity index (χ4n) is 3.58. The van der Waals surface area contributed by atoms with E-state index in [-0.39, 0.29) is 25.4 Å². The van der Waals surface area contributed by atoms with Crippen LogP contribution in [0.2, 0.25) is 0 Å². The van der Waals surface area contributed by atoms with Gasteiger partial charge < -0.3 is 24.7 Å². The molecule has 1 aromatic heterocycles. The number of fused-ring (bicyclic) bond motifs is 1. The van der Waals surface area contributed by atoms with Gasteiger partial charge in [0.05, 0.1) is 19.8 Å². The molecule has 0 unspecified atom stereocenters. The maximum absolute atomic E-state index is 14.8. The average Bonchev–Trinajstić information content (AvgIpc) is 3.20. The van der Waals surface area contributed by atoms with Crippen LogP contribution in [0.3, 0.4) is 0 Å². The van der Waals surface area contributed by atoms with Crippen LogP contribution < -0.4 is 15.2 Å². The highest BCUT2D eigenvalue weighted by molar-refractivity contribution is 5.86. The van der Waals surface area contributed by atoms with Crippen LogP contribution in [-0.2, 0) is 24.4 Å². The number of halogens is 1. The van der Waals surface area contributed by atoms with Crippen molar-refractivity contribution in [1.29, 1.82) is 0 Å². The van der Waals surface area contributed by atoms with Crippen LogP contribution in [0.15, 0.2) is 65.3 Å². The lowest BCUT2D eigenvalue weighted by molar-refractivity contribution is -0.136. The summed E-state index contributed by atoms with van der Waals surface area (Å²) < 4.78 is 31.6. The first-order chi connectivity index (χ1) is 15.5. The number of ether oxygens (including phenoxy) is 2. The lowest BCUT2D eigenvalue weighted by atomic mass is 10.00. The number of furan rings is 1. The van der Waals surface area contributed by atoms with E-state index in [0.29, 0.717) is 39.3 Å². The van der Waals surface area contributed by atoms with Crippen molar-refractivity contribution in [2.45, 2.75) is 19.6 Å². The molecule has 0 radical (unpaired) electrons. The van der Waals surface area contributed by atoms with E-state index in [9.17, 15) is 9.18 Å². The van der Waals surface area contributed by atoms with E-state index in [1.807, 2.05) is 6.07 Å². The molecule has 3 aromatic carbocycles. The van der Waals surface area contributed by atoms with Crippen molar-refractivity contribution in [3.63, 3.8) is 0 Å². The van der Waals surface area contributed by atoms with Gasteiger partial charge in [-0.15, -0.1) is 0 Å². The van der Waals surface area contributed by atoms with Crippen molar-refractivity contribution in [2.75, 3.05) is 7.11 Å². The van der Waals surface area contributed by atoms with Gasteiger partial charge in [0.15, 0.2) is 0 Å². The normalized spacial score (nSPS) is 11.0. The minimum Gasteiger partial charge on any atom is -0.497 e. The van der Waals surface area contributed by atoms with Crippen LogP contribution in [0, 0.1) is 5.82 Å². The van der Waals surface area contributed by atoms with Crippen LogP contribution in [0.5, 0.6) is 11.5 Å². The van der Waals surface area contributed by atoms with Gasteiger partial charge in [-0.25, -0.2) is 4.39 Å². The Balaban J connectivity index is 1.66. The Bertz CT molecular complexity index is 1280. The molecule has 6 nitrogen and oxygen atoms in total. The smallest absolute Gasteiger partial charge is 0.307 e. The molecule has 1 heterocycles. The summed E-state index contributed by atoms with van der Waals surface area (Å²) >= 11 is 0. The number of carboxylic acid groups (broad SMARTS) is 1. The molecule has 0 aliphatic heterocycles. The third-order valence-corrected chi connectivity index (χ3v) is 5.26. The van der Waals surface area contributed by atoms with E-state index in [1.54, 1.807) is 54.8 Å². The minimum atomic E-state index is -0.958. The Morgan fingerprint density at radius 1 is 1.09 bits per heavy atom. The Morgan fingerprint density at radius 2 is 1.94 bits per heavy atom. The Morgan fingerprint density at radius 3 is 2.69 bits per heavy atom. The SMILES string of the molecule is COc1ccc(CC(=O)O)c(OCc2coc3ccc(-c4cccc(CN)c4F)cc23)c1. The second kappa shape index (κ2) is 9.11. The first-order valence-corrected chi connectivity index (χ1v) is 9.99. The summed E-state index contributed by atoms with van der Waals surface area (Å²) in [5, 5.41) is 9.95. The van der Waals surface area contributed by atoms with Gasteiger partial charge in [-0.2, -0.15) is 0 Å². The number of carboxylic acids is 1. The quantitative estimate of drug-likeness (QED) is 0.408. The van der Waals surface area contributed by atoms with Gasteiger partial charge in [0.2, 0.25) is 0 Å². The van der Waals surface area contributed by atoms with Gasteiger partial charge in [0.25, 0.3) is 0 Å². The van der Waals surface area contributed by atoms with Gasteiger partial charge in [0, 0.05) is 40.3 Å². The second-order valence-electron chi connectivity index (χ2n) is 7.29. The Kier molecular flexibility index (Phi) is 6.09. The second-order valence-corrected chi connectivity index (χ2v) is 7.29. The van der Waals surface area contributed by atoms with Crippen molar-refractivity contribution in [2.24, 2.45) is 5.73 Å². The first-order valence-electron chi connectivity index (χ1n) is 9.99. The summed E-state index contributed by atoms with van der Waals surface area (Å²) in [5.74, 6) is -0.326. The van der Waals surface area contributed by atoms with E-state index >= 15 is 0 Å². The molecule has 0 amide bonds. The average molecular weight is 435 g/mol. The van der Waals surface area contributed by atoms with E-state index in [0.717, 1.165) is 10.9 Å². The molecule has 0 aliphatic rings. The van der Waals surface area contributed by atoms with E-state index in [2.05, 4.69) is 0 Å². The number of hydrogen-bond acceptors (Lipinski definition) is 5. The summed E-state index contributed by atoms with van der Waals surface area (Å²) in [4.78, 5) is 11.2. The topological polar surface area (TPSA) is 94.9 Å². The van der Waals surface area contributed by atoms with Crippen LogP contribution in [-0.4, -0.2) is 18.2 Å². The molecule has 0 atom stereocenters. The molecule has 4 aromatic rings. The lowest BCUT2D eigenvalue weighted by Crippen LogP contribution is -2.04. The van der Waals surface area contributed by atoms with E-state index in [4.69, 9.17) is 24.7 Å². The minimum absolute atomic E-state index is 0.117. The highest BCUT2D eigenvalue weighted by Crippen LogP contribution is 2.32. The van der Waals surface area contributed by atoms with Gasteiger partial charge in [-0.3, -0.25) is 4.79 Å². The molecule has 0 spiro atoms. The number of nitrogens with two attached hydrogens (primary N) is 1. The van der Waals surface area contributed by atoms with Gasteiger partial charge in [-0.1, -0.05) is 30.3 Å². The van der Waals surface area contributed by atoms with Crippen LogP contribution in [0.1, 0.15) is 16.7 Å².